The Hall–Kier alpha value is -1.10. The number of aromatic nitrogens is 2. The van der Waals surface area contributed by atoms with Crippen molar-refractivity contribution in [3.63, 3.8) is 0 Å². The molecule has 1 heterocycles. The van der Waals surface area contributed by atoms with Crippen molar-refractivity contribution >= 4 is 6.01 Å². The van der Waals surface area contributed by atoms with Gasteiger partial charge in [0, 0.05) is 6.04 Å². The maximum absolute atomic E-state index is 5.68. The van der Waals surface area contributed by atoms with Crippen LogP contribution in [0, 0.1) is 5.41 Å². The standard InChI is InChI=1S/C14H26N4O/c1-5-8-15-10(2)12-17-18-13(19-12)16-11-6-7-14(3,4)9-11/h10-11,15H,5-9H2,1-4H3,(H,16,18). The minimum absolute atomic E-state index is 0.114. The highest BCUT2D eigenvalue weighted by atomic mass is 16.4. The van der Waals surface area contributed by atoms with E-state index in [2.05, 4.69) is 41.6 Å². The van der Waals surface area contributed by atoms with Crippen LogP contribution in [-0.4, -0.2) is 22.8 Å². The fraction of sp³-hybridized carbons (Fsp3) is 0.857. The maximum Gasteiger partial charge on any atom is 0.315 e. The summed E-state index contributed by atoms with van der Waals surface area (Å²) in [6.07, 6.45) is 4.68. The van der Waals surface area contributed by atoms with Crippen molar-refractivity contribution in [1.82, 2.24) is 15.5 Å². The second-order valence-corrected chi connectivity index (χ2v) is 6.37. The molecule has 2 unspecified atom stereocenters. The Morgan fingerprint density at radius 3 is 2.84 bits per heavy atom. The van der Waals surface area contributed by atoms with Gasteiger partial charge in [-0.3, -0.25) is 0 Å². The monoisotopic (exact) mass is 266 g/mol. The van der Waals surface area contributed by atoms with Crippen LogP contribution in [-0.2, 0) is 0 Å². The first-order valence-electron chi connectivity index (χ1n) is 7.33. The summed E-state index contributed by atoms with van der Waals surface area (Å²) >= 11 is 0. The van der Waals surface area contributed by atoms with Crippen molar-refractivity contribution in [2.45, 2.75) is 65.5 Å². The molecule has 1 aliphatic carbocycles. The number of anilines is 1. The molecule has 1 aliphatic rings. The highest BCUT2D eigenvalue weighted by Gasteiger charge is 2.31. The Morgan fingerprint density at radius 2 is 2.21 bits per heavy atom. The van der Waals surface area contributed by atoms with Crippen LogP contribution in [0.5, 0.6) is 0 Å². The molecule has 1 aromatic rings. The van der Waals surface area contributed by atoms with Crippen molar-refractivity contribution in [3.05, 3.63) is 5.89 Å². The van der Waals surface area contributed by atoms with Crippen LogP contribution >= 0.6 is 0 Å². The van der Waals surface area contributed by atoms with Gasteiger partial charge in [0.25, 0.3) is 0 Å². The summed E-state index contributed by atoms with van der Waals surface area (Å²) in [6, 6.07) is 1.13. The van der Waals surface area contributed by atoms with Crippen LogP contribution in [0.15, 0.2) is 4.42 Å². The molecule has 2 atom stereocenters. The quantitative estimate of drug-likeness (QED) is 0.828. The van der Waals surface area contributed by atoms with Crippen LogP contribution in [0.25, 0.3) is 0 Å². The molecule has 0 aromatic carbocycles. The van der Waals surface area contributed by atoms with Gasteiger partial charge in [0.15, 0.2) is 0 Å². The molecule has 1 fully saturated rings. The first-order chi connectivity index (χ1) is 9.00. The molecule has 0 radical (unpaired) electrons. The van der Waals surface area contributed by atoms with Gasteiger partial charge in [0.05, 0.1) is 6.04 Å². The molecular weight excluding hydrogens is 240 g/mol. The Morgan fingerprint density at radius 1 is 1.42 bits per heavy atom. The second kappa shape index (κ2) is 5.90. The molecule has 1 saturated carbocycles. The number of nitrogens with one attached hydrogen (secondary N) is 2. The van der Waals surface area contributed by atoms with Gasteiger partial charge in [-0.15, -0.1) is 5.10 Å². The third kappa shape index (κ3) is 3.93. The number of hydrogen-bond donors (Lipinski definition) is 2. The third-order valence-corrected chi connectivity index (χ3v) is 3.81. The van der Waals surface area contributed by atoms with Gasteiger partial charge in [-0.1, -0.05) is 25.9 Å². The molecule has 0 saturated heterocycles. The number of rotatable bonds is 6. The highest BCUT2D eigenvalue weighted by molar-refractivity contribution is 5.21. The van der Waals surface area contributed by atoms with E-state index in [9.17, 15) is 0 Å². The molecule has 5 heteroatoms. The Balaban J connectivity index is 1.87. The zero-order valence-electron chi connectivity index (χ0n) is 12.5. The van der Waals surface area contributed by atoms with Crippen molar-refractivity contribution in [3.8, 4) is 0 Å². The summed E-state index contributed by atoms with van der Waals surface area (Å²) in [5.41, 5.74) is 0.427. The minimum atomic E-state index is 0.114. The Bertz CT molecular complexity index is 402. The van der Waals surface area contributed by atoms with Crippen molar-refractivity contribution in [2.75, 3.05) is 11.9 Å². The van der Waals surface area contributed by atoms with E-state index in [1.807, 2.05) is 6.92 Å². The smallest absolute Gasteiger partial charge is 0.315 e. The van der Waals surface area contributed by atoms with Gasteiger partial charge < -0.3 is 15.1 Å². The van der Waals surface area contributed by atoms with Gasteiger partial charge in [-0.05, 0) is 44.6 Å². The van der Waals surface area contributed by atoms with Crippen LogP contribution in [0.1, 0.15) is 65.3 Å². The molecule has 1 aromatic heterocycles. The van der Waals surface area contributed by atoms with E-state index in [1.165, 1.54) is 12.8 Å². The molecule has 2 N–H and O–H groups in total. The van der Waals surface area contributed by atoms with E-state index in [4.69, 9.17) is 4.42 Å². The van der Waals surface area contributed by atoms with E-state index in [0.717, 1.165) is 19.4 Å². The van der Waals surface area contributed by atoms with Crippen molar-refractivity contribution in [2.24, 2.45) is 5.41 Å². The average molecular weight is 266 g/mol. The molecule has 0 spiro atoms. The number of nitrogens with zero attached hydrogens (tertiary/aromatic N) is 2. The summed E-state index contributed by atoms with van der Waals surface area (Å²) in [5.74, 6) is 0.660. The van der Waals surface area contributed by atoms with E-state index >= 15 is 0 Å². The maximum atomic E-state index is 5.68. The first-order valence-corrected chi connectivity index (χ1v) is 7.33. The Kier molecular flexibility index (Phi) is 4.45. The van der Waals surface area contributed by atoms with Gasteiger partial charge in [0.2, 0.25) is 5.89 Å². The van der Waals surface area contributed by atoms with Crippen molar-refractivity contribution in [1.29, 1.82) is 0 Å². The van der Waals surface area contributed by atoms with E-state index < -0.39 is 0 Å². The topological polar surface area (TPSA) is 63.0 Å². The molecule has 0 amide bonds. The predicted molar refractivity (Wildman–Crippen MR) is 76.0 cm³/mol. The highest BCUT2D eigenvalue weighted by Crippen LogP contribution is 2.38. The molecule has 2 rings (SSSR count). The molecule has 5 nitrogen and oxygen atoms in total. The van der Waals surface area contributed by atoms with Crippen LogP contribution < -0.4 is 10.6 Å². The van der Waals surface area contributed by atoms with Gasteiger partial charge in [-0.25, -0.2) is 0 Å². The lowest BCUT2D eigenvalue weighted by Crippen LogP contribution is -2.19. The SMILES string of the molecule is CCCNC(C)c1nnc(NC2CCC(C)(C)C2)o1. The van der Waals surface area contributed by atoms with E-state index in [1.54, 1.807) is 0 Å². The summed E-state index contributed by atoms with van der Waals surface area (Å²) in [7, 11) is 0. The fourth-order valence-electron chi connectivity index (χ4n) is 2.65. The fourth-order valence-corrected chi connectivity index (χ4v) is 2.65. The predicted octanol–water partition coefficient (Wildman–Crippen LogP) is 3.12. The largest absolute Gasteiger partial charge is 0.406 e. The molecule has 0 aliphatic heterocycles. The lowest BCUT2D eigenvalue weighted by molar-refractivity contribution is 0.376. The van der Waals surface area contributed by atoms with Crippen LogP contribution in [0.4, 0.5) is 6.01 Å². The first kappa shape index (κ1) is 14.3. The summed E-state index contributed by atoms with van der Waals surface area (Å²) in [5, 5.41) is 14.9. The summed E-state index contributed by atoms with van der Waals surface area (Å²) in [6.45, 7) is 9.77. The van der Waals surface area contributed by atoms with Crippen molar-refractivity contribution < 1.29 is 4.42 Å². The molecule has 0 bridgehead atoms. The normalized spacial score (nSPS) is 23.5. The lowest BCUT2D eigenvalue weighted by atomic mass is 9.92. The summed E-state index contributed by atoms with van der Waals surface area (Å²) in [4.78, 5) is 0. The molecule has 19 heavy (non-hydrogen) atoms. The lowest BCUT2D eigenvalue weighted by Gasteiger charge is -2.16. The van der Waals surface area contributed by atoms with Gasteiger partial charge in [-0.2, -0.15) is 0 Å². The average Bonchev–Trinajstić information content (AvgIpc) is 2.93. The van der Waals surface area contributed by atoms with Crippen LogP contribution in [0.2, 0.25) is 0 Å². The number of hydrogen-bond acceptors (Lipinski definition) is 5. The van der Waals surface area contributed by atoms with E-state index in [-0.39, 0.29) is 6.04 Å². The zero-order chi connectivity index (χ0) is 13.9. The second-order valence-electron chi connectivity index (χ2n) is 6.37. The third-order valence-electron chi connectivity index (χ3n) is 3.81. The Labute approximate surface area is 115 Å². The molecular formula is C14H26N4O. The minimum Gasteiger partial charge on any atom is -0.406 e. The van der Waals surface area contributed by atoms with Crippen LogP contribution in [0.3, 0.4) is 0 Å². The zero-order valence-corrected chi connectivity index (χ0v) is 12.5. The van der Waals surface area contributed by atoms with E-state index in [0.29, 0.717) is 23.4 Å². The van der Waals surface area contributed by atoms with Gasteiger partial charge in [0.1, 0.15) is 0 Å². The van der Waals surface area contributed by atoms with Gasteiger partial charge >= 0.3 is 6.01 Å². The summed E-state index contributed by atoms with van der Waals surface area (Å²) < 4.78 is 5.68. The molecule has 108 valence electrons.